The molecule has 2 aromatic heterocycles. The molecule has 0 spiro atoms. The van der Waals surface area contributed by atoms with Gasteiger partial charge < -0.3 is 15.2 Å². The predicted octanol–water partition coefficient (Wildman–Crippen LogP) is 0.891. The summed E-state index contributed by atoms with van der Waals surface area (Å²) < 4.78 is 10.4. The van der Waals surface area contributed by atoms with Gasteiger partial charge in [-0.15, -0.1) is 5.10 Å². The molecule has 0 unspecified atom stereocenters. The lowest BCUT2D eigenvalue weighted by Gasteiger charge is -2.07. The third-order valence-corrected chi connectivity index (χ3v) is 1.89. The number of aromatic amines is 1. The van der Waals surface area contributed by atoms with Crippen molar-refractivity contribution >= 4 is 5.82 Å². The lowest BCUT2D eigenvalue weighted by atomic mass is 10.5. The van der Waals surface area contributed by atoms with E-state index >= 15 is 0 Å². The second-order valence-corrected chi connectivity index (χ2v) is 3.09. The first-order valence-electron chi connectivity index (χ1n) is 4.55. The molecule has 7 nitrogen and oxygen atoms in total. The van der Waals surface area contributed by atoms with E-state index in [0.717, 1.165) is 5.69 Å². The van der Waals surface area contributed by atoms with Crippen LogP contribution in [-0.2, 0) is 0 Å². The van der Waals surface area contributed by atoms with Crippen LogP contribution in [0, 0.1) is 6.92 Å². The highest BCUT2D eigenvalue weighted by Crippen LogP contribution is 2.31. The Morgan fingerprint density at radius 3 is 2.81 bits per heavy atom. The molecule has 0 aliphatic heterocycles. The van der Waals surface area contributed by atoms with Crippen LogP contribution in [0.3, 0.4) is 0 Å². The molecule has 2 rings (SSSR count). The zero-order valence-electron chi connectivity index (χ0n) is 8.89. The van der Waals surface area contributed by atoms with Crippen LogP contribution in [0.25, 0.3) is 0 Å². The van der Waals surface area contributed by atoms with E-state index in [0.29, 0.717) is 11.6 Å². The molecule has 0 aromatic carbocycles. The number of nitrogens with one attached hydrogen (secondary N) is 1. The van der Waals surface area contributed by atoms with Crippen LogP contribution < -0.4 is 15.2 Å². The maximum Gasteiger partial charge on any atom is 0.269 e. The van der Waals surface area contributed by atoms with Crippen molar-refractivity contribution in [3.63, 3.8) is 0 Å². The molecule has 0 saturated heterocycles. The quantitative estimate of drug-likeness (QED) is 0.798. The number of aryl methyl sites for hydroxylation is 1. The molecule has 0 radical (unpaired) electrons. The normalized spacial score (nSPS) is 10.1. The molecule has 2 aromatic rings. The average molecular weight is 221 g/mol. The maximum atomic E-state index is 5.61. The number of methoxy groups -OCH3 is 1. The van der Waals surface area contributed by atoms with Gasteiger partial charge in [-0.3, -0.25) is 5.10 Å². The largest absolute Gasteiger partial charge is 0.489 e. The number of nitrogens with zero attached hydrogens (tertiary/aromatic N) is 3. The molecule has 3 N–H and O–H groups in total. The molecule has 2 heterocycles. The highest BCUT2D eigenvalue weighted by Gasteiger charge is 2.12. The topological polar surface area (TPSA) is 98.9 Å². The van der Waals surface area contributed by atoms with Crippen molar-refractivity contribution in [3.05, 3.63) is 18.1 Å². The van der Waals surface area contributed by atoms with Gasteiger partial charge in [0.15, 0.2) is 5.82 Å². The van der Waals surface area contributed by atoms with Crippen LogP contribution in [0.1, 0.15) is 5.69 Å². The van der Waals surface area contributed by atoms with E-state index in [1.807, 2.05) is 6.92 Å². The highest BCUT2D eigenvalue weighted by molar-refractivity contribution is 5.52. The zero-order valence-corrected chi connectivity index (χ0v) is 8.89. The first kappa shape index (κ1) is 10.2. The third kappa shape index (κ3) is 1.88. The van der Waals surface area contributed by atoms with E-state index in [1.165, 1.54) is 13.4 Å². The molecule has 0 saturated carbocycles. The zero-order chi connectivity index (χ0) is 11.5. The van der Waals surface area contributed by atoms with Crippen LogP contribution in [0.2, 0.25) is 0 Å². The van der Waals surface area contributed by atoms with E-state index in [1.54, 1.807) is 6.07 Å². The van der Waals surface area contributed by atoms with Gasteiger partial charge in [0.2, 0.25) is 11.6 Å². The Balaban J connectivity index is 2.30. The summed E-state index contributed by atoms with van der Waals surface area (Å²) in [6.45, 7) is 1.87. The number of nitrogens with two attached hydrogens (primary N) is 1. The van der Waals surface area contributed by atoms with Crippen LogP contribution in [0.5, 0.6) is 17.5 Å². The number of anilines is 1. The fraction of sp³-hybridized carbons (Fsp3) is 0.222. The fourth-order valence-electron chi connectivity index (χ4n) is 1.18. The molecule has 16 heavy (non-hydrogen) atoms. The van der Waals surface area contributed by atoms with Gasteiger partial charge in [-0.1, -0.05) is 0 Å². The van der Waals surface area contributed by atoms with Crippen LogP contribution in [0.4, 0.5) is 5.82 Å². The Morgan fingerprint density at radius 1 is 1.38 bits per heavy atom. The Kier molecular flexibility index (Phi) is 2.59. The van der Waals surface area contributed by atoms with Crippen molar-refractivity contribution in [1.29, 1.82) is 0 Å². The second-order valence-electron chi connectivity index (χ2n) is 3.09. The minimum absolute atomic E-state index is 0.222. The lowest BCUT2D eigenvalue weighted by Crippen LogP contribution is -2.00. The Bertz CT molecular complexity index is 496. The molecule has 7 heteroatoms. The van der Waals surface area contributed by atoms with E-state index in [4.69, 9.17) is 15.2 Å². The van der Waals surface area contributed by atoms with Crippen LogP contribution in [0.15, 0.2) is 12.4 Å². The van der Waals surface area contributed by atoms with E-state index in [2.05, 4.69) is 20.2 Å². The standard InChI is InChI=1S/C9H11N5O2/c1-5-3-6(14-13-5)16-9-7(15-2)8(10)11-4-12-9/h3-4H,1-2H3,(H,13,14)(H2,10,11,12). The first-order valence-corrected chi connectivity index (χ1v) is 4.55. The summed E-state index contributed by atoms with van der Waals surface area (Å²) in [4.78, 5) is 7.71. The van der Waals surface area contributed by atoms with Crippen molar-refractivity contribution in [3.8, 4) is 17.5 Å². The van der Waals surface area contributed by atoms with Crippen molar-refractivity contribution in [2.24, 2.45) is 0 Å². The van der Waals surface area contributed by atoms with E-state index in [-0.39, 0.29) is 11.7 Å². The van der Waals surface area contributed by atoms with Gasteiger partial charge in [0.05, 0.1) is 7.11 Å². The monoisotopic (exact) mass is 221 g/mol. The molecule has 84 valence electrons. The number of ether oxygens (including phenoxy) is 2. The predicted molar refractivity (Wildman–Crippen MR) is 56.4 cm³/mol. The van der Waals surface area contributed by atoms with Gasteiger partial charge in [0.25, 0.3) is 5.88 Å². The van der Waals surface area contributed by atoms with E-state index < -0.39 is 0 Å². The summed E-state index contributed by atoms with van der Waals surface area (Å²) in [5.74, 6) is 1.15. The summed E-state index contributed by atoms with van der Waals surface area (Å²) in [6.07, 6.45) is 1.30. The molecular formula is C9H11N5O2. The minimum atomic E-state index is 0.222. The Labute approximate surface area is 91.6 Å². The average Bonchev–Trinajstić information content (AvgIpc) is 2.64. The molecule has 0 bridgehead atoms. The number of hydrogen-bond acceptors (Lipinski definition) is 6. The lowest BCUT2D eigenvalue weighted by molar-refractivity contribution is 0.364. The Hall–Kier alpha value is -2.31. The fourth-order valence-corrected chi connectivity index (χ4v) is 1.18. The molecular weight excluding hydrogens is 210 g/mol. The van der Waals surface area contributed by atoms with Gasteiger partial charge in [-0.05, 0) is 6.92 Å². The molecule has 0 aliphatic carbocycles. The summed E-state index contributed by atoms with van der Waals surface area (Å²) in [7, 11) is 1.47. The first-order chi connectivity index (χ1) is 7.70. The molecule has 0 fully saturated rings. The van der Waals surface area contributed by atoms with Crippen LogP contribution in [-0.4, -0.2) is 27.3 Å². The number of H-pyrrole nitrogens is 1. The smallest absolute Gasteiger partial charge is 0.269 e. The summed E-state index contributed by atoms with van der Waals surface area (Å²) in [6, 6.07) is 1.73. The number of hydrogen-bond donors (Lipinski definition) is 2. The van der Waals surface area contributed by atoms with Gasteiger partial charge in [-0.25, -0.2) is 4.98 Å². The van der Waals surface area contributed by atoms with Crippen molar-refractivity contribution in [2.45, 2.75) is 6.92 Å². The summed E-state index contributed by atoms with van der Waals surface area (Å²) >= 11 is 0. The maximum absolute atomic E-state index is 5.61. The third-order valence-electron chi connectivity index (χ3n) is 1.89. The van der Waals surface area contributed by atoms with Crippen molar-refractivity contribution in [2.75, 3.05) is 12.8 Å². The summed E-state index contributed by atoms with van der Waals surface area (Å²) in [5, 5.41) is 6.66. The molecule has 0 aliphatic rings. The van der Waals surface area contributed by atoms with E-state index in [9.17, 15) is 0 Å². The van der Waals surface area contributed by atoms with Crippen molar-refractivity contribution < 1.29 is 9.47 Å². The summed E-state index contributed by atoms with van der Waals surface area (Å²) in [5.41, 5.74) is 6.49. The second kappa shape index (κ2) is 4.05. The van der Waals surface area contributed by atoms with Gasteiger partial charge >= 0.3 is 0 Å². The van der Waals surface area contributed by atoms with Gasteiger partial charge in [0.1, 0.15) is 6.33 Å². The minimum Gasteiger partial charge on any atom is -0.489 e. The van der Waals surface area contributed by atoms with Gasteiger partial charge in [-0.2, -0.15) is 4.98 Å². The number of nitrogen functional groups attached to an aromatic ring is 1. The number of rotatable bonds is 3. The number of aromatic nitrogens is 4. The highest BCUT2D eigenvalue weighted by atomic mass is 16.5. The molecule has 0 amide bonds. The van der Waals surface area contributed by atoms with Crippen molar-refractivity contribution in [1.82, 2.24) is 20.2 Å². The molecule has 0 atom stereocenters. The van der Waals surface area contributed by atoms with Crippen LogP contribution >= 0.6 is 0 Å². The Morgan fingerprint density at radius 2 is 2.19 bits per heavy atom. The van der Waals surface area contributed by atoms with Gasteiger partial charge in [0, 0.05) is 11.8 Å². The SMILES string of the molecule is COc1c(N)ncnc1Oc1cc(C)[nH]n1.